The second-order valence-electron chi connectivity index (χ2n) is 4.26. The molecule has 1 aliphatic rings. The van der Waals surface area contributed by atoms with Gasteiger partial charge in [0.15, 0.2) is 0 Å². The first-order valence-electron chi connectivity index (χ1n) is 5.93. The van der Waals surface area contributed by atoms with Crippen LogP contribution in [0.2, 0.25) is 0 Å². The molecule has 2 aromatic rings. The average molecular weight is 253 g/mol. The molecule has 2 aromatic carbocycles. The van der Waals surface area contributed by atoms with Crippen LogP contribution in [0.4, 0.5) is 5.69 Å². The monoisotopic (exact) mass is 253 g/mol. The van der Waals surface area contributed by atoms with Crippen LogP contribution in [0, 0.1) is 10.1 Å². The number of nitro groups is 1. The van der Waals surface area contributed by atoms with Crippen molar-refractivity contribution < 1.29 is 9.66 Å². The Morgan fingerprint density at radius 2 is 1.84 bits per heavy atom. The van der Waals surface area contributed by atoms with Gasteiger partial charge in [-0.2, -0.15) is 0 Å². The summed E-state index contributed by atoms with van der Waals surface area (Å²) in [5.41, 5.74) is 1.71. The molecule has 1 atom stereocenters. The molecule has 1 unspecified atom stereocenters. The summed E-state index contributed by atoms with van der Waals surface area (Å²) >= 11 is 0. The average Bonchev–Trinajstić information content (AvgIpc) is 2.47. The number of ether oxygens (including phenoxy) is 1. The number of nitrogens with zero attached hydrogens (tertiary/aromatic N) is 1. The first kappa shape index (κ1) is 11.5. The third-order valence-corrected chi connectivity index (χ3v) is 3.04. The van der Waals surface area contributed by atoms with Crippen molar-refractivity contribution in [1.29, 1.82) is 0 Å². The molecule has 0 aromatic heterocycles. The maximum absolute atomic E-state index is 11.0. The molecule has 0 N–H and O–H groups in total. The number of benzene rings is 2. The number of hydrogen-bond donors (Lipinski definition) is 0. The van der Waals surface area contributed by atoms with E-state index < -0.39 is 4.92 Å². The van der Waals surface area contributed by atoms with Crippen molar-refractivity contribution >= 4 is 11.8 Å². The van der Waals surface area contributed by atoms with Crippen LogP contribution in [0.1, 0.15) is 17.2 Å². The van der Waals surface area contributed by atoms with Gasteiger partial charge in [0, 0.05) is 11.6 Å². The lowest BCUT2D eigenvalue weighted by atomic mass is 10.0. The highest BCUT2D eigenvalue weighted by atomic mass is 16.6. The van der Waals surface area contributed by atoms with Crippen molar-refractivity contribution in [2.24, 2.45) is 0 Å². The molecule has 1 aliphatic heterocycles. The maximum Gasteiger partial charge on any atom is 0.311 e. The Morgan fingerprint density at radius 3 is 2.58 bits per heavy atom. The molecule has 94 valence electrons. The lowest BCUT2D eigenvalue weighted by molar-refractivity contribution is -0.386. The summed E-state index contributed by atoms with van der Waals surface area (Å²) in [7, 11) is 0. The maximum atomic E-state index is 11.0. The SMILES string of the molecule is O=[N+]([O-])c1cccc2c1OC(c1ccccc1)C=C2. The summed E-state index contributed by atoms with van der Waals surface area (Å²) in [4.78, 5) is 10.6. The molecule has 0 saturated heterocycles. The highest BCUT2D eigenvalue weighted by Crippen LogP contribution is 2.39. The Hall–Kier alpha value is -2.62. The second kappa shape index (κ2) is 4.57. The molecule has 4 heteroatoms. The molecule has 0 aliphatic carbocycles. The molecule has 0 amide bonds. The lowest BCUT2D eigenvalue weighted by Gasteiger charge is -2.21. The fourth-order valence-electron chi connectivity index (χ4n) is 2.12. The molecular formula is C15H11NO3. The van der Waals surface area contributed by atoms with Gasteiger partial charge in [0.2, 0.25) is 5.75 Å². The zero-order chi connectivity index (χ0) is 13.2. The van der Waals surface area contributed by atoms with Gasteiger partial charge in [0.25, 0.3) is 0 Å². The van der Waals surface area contributed by atoms with Gasteiger partial charge in [-0.05, 0) is 11.6 Å². The Balaban J connectivity index is 2.02. The van der Waals surface area contributed by atoms with Crippen molar-refractivity contribution in [3.63, 3.8) is 0 Å². The van der Waals surface area contributed by atoms with Crippen LogP contribution in [-0.2, 0) is 0 Å². The standard InChI is InChI=1S/C15H11NO3/c17-16(18)13-8-4-7-12-9-10-14(19-15(12)13)11-5-2-1-3-6-11/h1-10,14H. The summed E-state index contributed by atoms with van der Waals surface area (Å²) in [6.07, 6.45) is 3.49. The molecule has 0 bridgehead atoms. The number of nitro benzene ring substituents is 1. The number of rotatable bonds is 2. The van der Waals surface area contributed by atoms with E-state index in [1.54, 1.807) is 12.1 Å². The van der Waals surface area contributed by atoms with E-state index in [9.17, 15) is 10.1 Å². The van der Waals surface area contributed by atoms with E-state index >= 15 is 0 Å². The fourth-order valence-corrected chi connectivity index (χ4v) is 2.12. The predicted molar refractivity (Wildman–Crippen MR) is 71.9 cm³/mol. The molecule has 0 radical (unpaired) electrons. The molecule has 0 saturated carbocycles. The number of hydrogen-bond acceptors (Lipinski definition) is 3. The third kappa shape index (κ3) is 2.08. The first-order chi connectivity index (χ1) is 9.25. The summed E-state index contributed by atoms with van der Waals surface area (Å²) in [6, 6.07) is 14.6. The van der Waals surface area contributed by atoms with Crippen LogP contribution in [0.3, 0.4) is 0 Å². The Bertz CT molecular complexity index is 650. The fraction of sp³-hybridized carbons (Fsp3) is 0.0667. The largest absolute Gasteiger partial charge is 0.474 e. The second-order valence-corrected chi connectivity index (χ2v) is 4.26. The first-order valence-corrected chi connectivity index (χ1v) is 5.93. The molecule has 0 spiro atoms. The zero-order valence-electron chi connectivity index (χ0n) is 10.0. The Morgan fingerprint density at radius 1 is 1.05 bits per heavy atom. The molecule has 3 rings (SSSR count). The van der Waals surface area contributed by atoms with Crippen LogP contribution in [0.5, 0.6) is 5.75 Å². The highest BCUT2D eigenvalue weighted by Gasteiger charge is 2.24. The normalized spacial score (nSPS) is 16.5. The summed E-state index contributed by atoms with van der Waals surface area (Å²) < 4.78 is 5.78. The van der Waals surface area contributed by atoms with E-state index in [0.717, 1.165) is 11.1 Å². The van der Waals surface area contributed by atoms with Crippen LogP contribution in [0.25, 0.3) is 6.08 Å². The minimum Gasteiger partial charge on any atom is -0.474 e. The topological polar surface area (TPSA) is 52.4 Å². The van der Waals surface area contributed by atoms with Crippen molar-refractivity contribution in [1.82, 2.24) is 0 Å². The molecule has 19 heavy (non-hydrogen) atoms. The summed E-state index contributed by atoms with van der Waals surface area (Å²) in [6.45, 7) is 0. The molecule has 4 nitrogen and oxygen atoms in total. The van der Waals surface area contributed by atoms with E-state index in [2.05, 4.69) is 0 Å². The van der Waals surface area contributed by atoms with Gasteiger partial charge in [-0.3, -0.25) is 10.1 Å². The van der Waals surface area contributed by atoms with Gasteiger partial charge in [-0.15, -0.1) is 0 Å². The molecule has 0 fully saturated rings. The minimum atomic E-state index is -0.417. The van der Waals surface area contributed by atoms with Gasteiger partial charge in [-0.1, -0.05) is 48.5 Å². The predicted octanol–water partition coefficient (Wildman–Crippen LogP) is 3.74. The summed E-state index contributed by atoms with van der Waals surface area (Å²) in [5, 5.41) is 11.0. The quantitative estimate of drug-likeness (QED) is 0.605. The van der Waals surface area contributed by atoms with E-state index in [4.69, 9.17) is 4.74 Å². The highest BCUT2D eigenvalue weighted by molar-refractivity contribution is 5.67. The van der Waals surface area contributed by atoms with E-state index in [1.807, 2.05) is 42.5 Å². The summed E-state index contributed by atoms with van der Waals surface area (Å²) in [5.74, 6) is 0.337. The van der Waals surface area contributed by atoms with Crippen molar-refractivity contribution in [2.45, 2.75) is 6.10 Å². The van der Waals surface area contributed by atoms with Crippen LogP contribution >= 0.6 is 0 Å². The lowest BCUT2D eigenvalue weighted by Crippen LogP contribution is -2.10. The Labute approximate surface area is 110 Å². The van der Waals surface area contributed by atoms with Gasteiger partial charge in [0.05, 0.1) is 4.92 Å². The van der Waals surface area contributed by atoms with Gasteiger partial charge in [-0.25, -0.2) is 0 Å². The Kier molecular flexibility index (Phi) is 2.76. The van der Waals surface area contributed by atoms with Crippen LogP contribution in [0.15, 0.2) is 54.6 Å². The zero-order valence-corrected chi connectivity index (χ0v) is 10.0. The smallest absolute Gasteiger partial charge is 0.311 e. The molecule has 1 heterocycles. The minimum absolute atomic E-state index is 0.00258. The van der Waals surface area contributed by atoms with Gasteiger partial charge in [0.1, 0.15) is 6.10 Å². The van der Waals surface area contributed by atoms with Crippen LogP contribution in [-0.4, -0.2) is 4.92 Å². The van der Waals surface area contributed by atoms with Gasteiger partial charge >= 0.3 is 5.69 Å². The molecular weight excluding hydrogens is 242 g/mol. The number of para-hydroxylation sites is 1. The number of fused-ring (bicyclic) bond motifs is 1. The third-order valence-electron chi connectivity index (χ3n) is 3.04. The van der Waals surface area contributed by atoms with Crippen molar-refractivity contribution in [2.75, 3.05) is 0 Å². The van der Waals surface area contributed by atoms with E-state index in [1.165, 1.54) is 6.07 Å². The van der Waals surface area contributed by atoms with E-state index in [-0.39, 0.29) is 11.8 Å². The van der Waals surface area contributed by atoms with Crippen molar-refractivity contribution in [3.05, 3.63) is 75.8 Å². The van der Waals surface area contributed by atoms with E-state index in [0.29, 0.717) is 5.75 Å². The van der Waals surface area contributed by atoms with Crippen LogP contribution < -0.4 is 4.74 Å². The van der Waals surface area contributed by atoms with Gasteiger partial charge < -0.3 is 4.74 Å². The van der Waals surface area contributed by atoms with Crippen molar-refractivity contribution in [3.8, 4) is 5.75 Å².